The summed E-state index contributed by atoms with van der Waals surface area (Å²) in [6, 6.07) is 3.59. The third-order valence-corrected chi connectivity index (χ3v) is 6.36. The number of hydrogen-bond acceptors (Lipinski definition) is 5. The van der Waals surface area contributed by atoms with Gasteiger partial charge in [0.25, 0.3) is 5.91 Å². The topological polar surface area (TPSA) is 85.0 Å². The highest BCUT2D eigenvalue weighted by atomic mass is 32.1. The molecule has 2 aliphatic rings. The molecule has 2 atom stereocenters. The molecule has 6 nitrogen and oxygen atoms in total. The van der Waals surface area contributed by atoms with Crippen LogP contribution in [-0.4, -0.2) is 33.8 Å². The Hall–Kier alpha value is -1.70. The molecule has 2 saturated carbocycles. The highest BCUT2D eigenvalue weighted by Gasteiger charge is 2.42. The fourth-order valence-electron chi connectivity index (χ4n) is 3.51. The lowest BCUT2D eigenvalue weighted by Gasteiger charge is -2.33. The number of aryl methyl sites for hydroxylation is 2. The minimum atomic E-state index is -0.0502. The maximum atomic E-state index is 12.6. The second-order valence-corrected chi connectivity index (χ2v) is 8.49. The molecule has 7 heteroatoms. The van der Waals surface area contributed by atoms with Crippen molar-refractivity contribution in [3.63, 3.8) is 0 Å². The number of carbonyl (C=O) groups is 1. The summed E-state index contributed by atoms with van der Waals surface area (Å²) in [6.07, 6.45) is 6.88. The molecule has 2 aliphatic carbocycles. The Morgan fingerprint density at radius 1 is 1.44 bits per heavy atom. The van der Waals surface area contributed by atoms with E-state index in [1.165, 1.54) is 4.88 Å². The number of nitrogens with one attached hydrogen (secondary N) is 2. The van der Waals surface area contributed by atoms with Crippen molar-refractivity contribution in [1.82, 2.24) is 15.1 Å². The summed E-state index contributed by atoms with van der Waals surface area (Å²) in [5.41, 5.74) is 7.37. The summed E-state index contributed by atoms with van der Waals surface area (Å²) < 4.78 is 1.80. The first-order valence-electron chi connectivity index (χ1n) is 8.99. The van der Waals surface area contributed by atoms with Crippen molar-refractivity contribution in [2.45, 2.75) is 63.7 Å². The van der Waals surface area contributed by atoms with Crippen LogP contribution in [0.5, 0.6) is 0 Å². The average Bonchev–Trinajstić information content (AvgIpc) is 2.99. The molecule has 0 saturated heterocycles. The monoisotopic (exact) mass is 359 g/mol. The van der Waals surface area contributed by atoms with E-state index in [2.05, 4.69) is 21.8 Å². The van der Waals surface area contributed by atoms with E-state index in [-0.39, 0.29) is 5.91 Å². The summed E-state index contributed by atoms with van der Waals surface area (Å²) in [4.78, 5) is 15.0. The molecule has 134 valence electrons. The Bertz CT molecular complexity index is 776. The lowest BCUT2D eigenvalue weighted by atomic mass is 9.87. The molecule has 25 heavy (non-hydrogen) atoms. The van der Waals surface area contributed by atoms with Crippen LogP contribution in [0.2, 0.25) is 0 Å². The molecule has 0 radical (unpaired) electrons. The lowest BCUT2D eigenvalue weighted by molar-refractivity contribution is 0.102. The van der Waals surface area contributed by atoms with Crippen LogP contribution in [-0.2, 0) is 6.54 Å². The number of thiophene rings is 1. The molecule has 4 rings (SSSR count). The number of nitrogens with zero attached hydrogens (tertiary/aromatic N) is 2. The number of aromatic nitrogens is 2. The Kier molecular flexibility index (Phi) is 4.39. The summed E-state index contributed by atoms with van der Waals surface area (Å²) in [6.45, 7) is 4.83. The SMILES string of the molecule is CCn1cc(NC(=O)c2cc(C3CC3NC3CC(N)C3)sc2C)cn1. The average molecular weight is 359 g/mol. The van der Waals surface area contributed by atoms with Crippen LogP contribution >= 0.6 is 11.3 Å². The van der Waals surface area contributed by atoms with Gasteiger partial charge in [-0.1, -0.05) is 0 Å². The van der Waals surface area contributed by atoms with E-state index in [1.807, 2.05) is 20.0 Å². The van der Waals surface area contributed by atoms with E-state index in [9.17, 15) is 4.79 Å². The molecule has 0 aromatic carbocycles. The minimum Gasteiger partial charge on any atom is -0.328 e. The zero-order valence-corrected chi connectivity index (χ0v) is 15.5. The molecule has 2 aromatic rings. The Morgan fingerprint density at radius 2 is 2.24 bits per heavy atom. The van der Waals surface area contributed by atoms with Gasteiger partial charge in [-0.25, -0.2) is 0 Å². The van der Waals surface area contributed by atoms with Gasteiger partial charge in [0.2, 0.25) is 0 Å². The fraction of sp³-hybridized carbons (Fsp3) is 0.556. The van der Waals surface area contributed by atoms with Crippen LogP contribution in [0.3, 0.4) is 0 Å². The first-order valence-corrected chi connectivity index (χ1v) is 9.81. The van der Waals surface area contributed by atoms with Crippen LogP contribution in [0, 0.1) is 6.92 Å². The summed E-state index contributed by atoms with van der Waals surface area (Å²) >= 11 is 1.74. The highest BCUT2D eigenvalue weighted by molar-refractivity contribution is 7.12. The predicted octanol–water partition coefficient (Wildman–Crippen LogP) is 2.46. The third-order valence-electron chi connectivity index (χ3n) is 5.18. The van der Waals surface area contributed by atoms with Crippen molar-refractivity contribution in [1.29, 1.82) is 0 Å². The first-order chi connectivity index (χ1) is 12.0. The van der Waals surface area contributed by atoms with Crippen molar-refractivity contribution < 1.29 is 4.79 Å². The molecule has 2 fully saturated rings. The molecular formula is C18H25N5OS. The van der Waals surface area contributed by atoms with Gasteiger partial charge < -0.3 is 16.4 Å². The van der Waals surface area contributed by atoms with Crippen LogP contribution in [0.25, 0.3) is 0 Å². The van der Waals surface area contributed by atoms with Crippen LogP contribution in [0.1, 0.15) is 52.2 Å². The van der Waals surface area contributed by atoms with E-state index >= 15 is 0 Å². The quantitative estimate of drug-likeness (QED) is 0.740. The number of amides is 1. The van der Waals surface area contributed by atoms with Gasteiger partial charge in [-0.05, 0) is 39.2 Å². The maximum absolute atomic E-state index is 12.6. The lowest BCUT2D eigenvalue weighted by Crippen LogP contribution is -2.49. The van der Waals surface area contributed by atoms with E-state index in [0.717, 1.165) is 41.9 Å². The smallest absolute Gasteiger partial charge is 0.256 e. The zero-order valence-electron chi connectivity index (χ0n) is 14.7. The van der Waals surface area contributed by atoms with E-state index in [1.54, 1.807) is 22.2 Å². The molecule has 0 spiro atoms. The molecule has 0 bridgehead atoms. The molecule has 2 unspecified atom stereocenters. The van der Waals surface area contributed by atoms with Crippen LogP contribution in [0.15, 0.2) is 18.5 Å². The van der Waals surface area contributed by atoms with Crippen LogP contribution < -0.4 is 16.4 Å². The fourth-order valence-corrected chi connectivity index (χ4v) is 4.71. The number of nitrogens with two attached hydrogens (primary N) is 1. The van der Waals surface area contributed by atoms with E-state index < -0.39 is 0 Å². The second-order valence-electron chi connectivity index (χ2n) is 7.20. The van der Waals surface area contributed by atoms with Gasteiger partial charge in [0.15, 0.2) is 0 Å². The van der Waals surface area contributed by atoms with Gasteiger partial charge >= 0.3 is 0 Å². The number of rotatable bonds is 6. The molecule has 4 N–H and O–H groups in total. The number of carbonyl (C=O) groups excluding carboxylic acids is 1. The van der Waals surface area contributed by atoms with Crippen molar-refractivity contribution in [2.24, 2.45) is 5.73 Å². The maximum Gasteiger partial charge on any atom is 0.256 e. The Morgan fingerprint density at radius 3 is 2.92 bits per heavy atom. The third kappa shape index (κ3) is 3.49. The first kappa shape index (κ1) is 16.8. The minimum absolute atomic E-state index is 0.0502. The number of hydrogen-bond donors (Lipinski definition) is 3. The van der Waals surface area contributed by atoms with Crippen molar-refractivity contribution in [3.8, 4) is 0 Å². The van der Waals surface area contributed by atoms with Crippen molar-refractivity contribution in [2.75, 3.05) is 5.32 Å². The normalized spacial score (nSPS) is 27.8. The van der Waals surface area contributed by atoms with Gasteiger partial charge in [0.05, 0.1) is 17.4 Å². The molecule has 2 aromatic heterocycles. The summed E-state index contributed by atoms with van der Waals surface area (Å²) in [5.74, 6) is 0.496. The van der Waals surface area contributed by atoms with Gasteiger partial charge in [-0.2, -0.15) is 5.10 Å². The van der Waals surface area contributed by atoms with Crippen molar-refractivity contribution in [3.05, 3.63) is 33.8 Å². The Labute approximate surface area is 151 Å². The van der Waals surface area contributed by atoms with E-state index in [4.69, 9.17) is 5.73 Å². The van der Waals surface area contributed by atoms with Gasteiger partial charge in [0.1, 0.15) is 0 Å². The standard InChI is InChI=1S/C18H25N5OS/c1-3-23-9-13(8-20-23)22-18(24)14-7-17(25-10(14)2)15-6-16(15)21-12-4-11(19)5-12/h7-9,11-12,15-16,21H,3-6,19H2,1-2H3,(H,22,24). The van der Waals surface area contributed by atoms with Gasteiger partial charge in [-0.3, -0.25) is 9.48 Å². The number of anilines is 1. The highest BCUT2D eigenvalue weighted by Crippen LogP contribution is 2.45. The molecule has 1 amide bonds. The van der Waals surface area contributed by atoms with E-state index in [0.29, 0.717) is 24.0 Å². The van der Waals surface area contributed by atoms with Gasteiger partial charge in [0, 0.05) is 46.5 Å². The Balaban J connectivity index is 1.37. The molecular weight excluding hydrogens is 334 g/mol. The summed E-state index contributed by atoms with van der Waals surface area (Å²) in [5, 5.41) is 10.8. The summed E-state index contributed by atoms with van der Waals surface area (Å²) in [7, 11) is 0. The molecule has 2 heterocycles. The molecule has 0 aliphatic heterocycles. The van der Waals surface area contributed by atoms with Crippen molar-refractivity contribution >= 4 is 22.9 Å². The second kappa shape index (κ2) is 6.55. The largest absolute Gasteiger partial charge is 0.328 e. The van der Waals surface area contributed by atoms with Gasteiger partial charge in [-0.15, -0.1) is 11.3 Å². The predicted molar refractivity (Wildman–Crippen MR) is 100 cm³/mol. The zero-order chi connectivity index (χ0) is 17.6. The van der Waals surface area contributed by atoms with Crippen LogP contribution in [0.4, 0.5) is 5.69 Å².